The maximum atomic E-state index is 5.81. The van der Waals surface area contributed by atoms with Crippen molar-refractivity contribution in [2.24, 2.45) is 5.92 Å². The summed E-state index contributed by atoms with van der Waals surface area (Å²) in [7, 11) is 0. The highest BCUT2D eigenvalue weighted by Gasteiger charge is 2.43. The molecule has 3 aliphatic rings. The van der Waals surface area contributed by atoms with Gasteiger partial charge in [0.1, 0.15) is 0 Å². The third kappa shape index (κ3) is 2.19. The second-order valence-electron chi connectivity index (χ2n) is 6.05. The molecule has 0 saturated heterocycles. The Balaban J connectivity index is 1.74. The van der Waals surface area contributed by atoms with Gasteiger partial charge in [-0.2, -0.15) is 0 Å². The molecule has 2 aromatic carbocycles. The molecule has 0 heterocycles. The molecule has 2 bridgehead atoms. The number of hydrogen-bond acceptors (Lipinski definition) is 3. The Bertz CT molecular complexity index is 677. The topological polar surface area (TPSA) is 9.23 Å². The summed E-state index contributed by atoms with van der Waals surface area (Å²) in [6, 6.07) is 17.8. The largest absolute Gasteiger partial charge is 0.478 e. The van der Waals surface area contributed by atoms with Crippen molar-refractivity contribution >= 4 is 28.4 Å². The molecule has 0 radical (unpaired) electrons. The standard InChI is InChI=1S/C19H18OS2/c1-22-19(21)20-11-12-10-17-13-6-2-4-8-15(13)18(12)16-9-5-3-7-14(16)17/h2-9,12,17-18H,10-11H2,1H3. The van der Waals surface area contributed by atoms with Gasteiger partial charge in [0.2, 0.25) is 4.38 Å². The summed E-state index contributed by atoms with van der Waals surface area (Å²) in [5, 5.41) is 0. The number of benzene rings is 2. The summed E-state index contributed by atoms with van der Waals surface area (Å²) in [6.45, 7) is 0.726. The van der Waals surface area contributed by atoms with Crippen LogP contribution in [0.4, 0.5) is 0 Å². The lowest BCUT2D eigenvalue weighted by atomic mass is 9.59. The molecule has 5 rings (SSSR count). The van der Waals surface area contributed by atoms with Crippen LogP contribution >= 0.6 is 24.0 Å². The molecule has 22 heavy (non-hydrogen) atoms. The molecule has 0 aromatic heterocycles. The van der Waals surface area contributed by atoms with Gasteiger partial charge in [-0.1, -0.05) is 60.3 Å². The zero-order valence-corrected chi connectivity index (χ0v) is 14.1. The van der Waals surface area contributed by atoms with Gasteiger partial charge in [-0.15, -0.1) is 0 Å². The van der Waals surface area contributed by atoms with E-state index in [4.69, 9.17) is 17.0 Å². The highest BCUT2D eigenvalue weighted by molar-refractivity contribution is 8.22. The predicted octanol–water partition coefficient (Wildman–Crippen LogP) is 4.95. The van der Waals surface area contributed by atoms with Crippen LogP contribution in [0.3, 0.4) is 0 Å². The lowest BCUT2D eigenvalue weighted by molar-refractivity contribution is 0.204. The van der Waals surface area contributed by atoms with E-state index in [1.807, 2.05) is 6.26 Å². The Kier molecular flexibility index (Phi) is 3.71. The van der Waals surface area contributed by atoms with Gasteiger partial charge in [0.05, 0.1) is 6.61 Å². The molecule has 0 N–H and O–H groups in total. The van der Waals surface area contributed by atoms with Crippen LogP contribution in [0.2, 0.25) is 0 Å². The van der Waals surface area contributed by atoms with Crippen molar-refractivity contribution in [2.75, 3.05) is 12.9 Å². The number of ether oxygens (including phenoxy) is 1. The number of rotatable bonds is 2. The van der Waals surface area contributed by atoms with Gasteiger partial charge in [-0.25, -0.2) is 0 Å². The van der Waals surface area contributed by atoms with Crippen molar-refractivity contribution in [3.63, 3.8) is 0 Å². The van der Waals surface area contributed by atoms with Crippen LogP contribution in [0.5, 0.6) is 0 Å². The van der Waals surface area contributed by atoms with E-state index in [9.17, 15) is 0 Å². The molecule has 3 aliphatic carbocycles. The van der Waals surface area contributed by atoms with E-state index in [0.717, 1.165) is 13.0 Å². The maximum absolute atomic E-state index is 5.81. The van der Waals surface area contributed by atoms with Crippen LogP contribution in [0, 0.1) is 5.92 Å². The predicted molar refractivity (Wildman–Crippen MR) is 96.7 cm³/mol. The molecule has 0 amide bonds. The second kappa shape index (κ2) is 5.71. The van der Waals surface area contributed by atoms with Crippen molar-refractivity contribution < 1.29 is 4.74 Å². The van der Waals surface area contributed by atoms with Gasteiger partial charge in [0, 0.05) is 17.8 Å². The van der Waals surface area contributed by atoms with E-state index >= 15 is 0 Å². The summed E-state index contributed by atoms with van der Waals surface area (Å²) in [5.74, 6) is 1.47. The number of fused-ring (bicyclic) bond motifs is 1. The second-order valence-corrected chi connectivity index (χ2v) is 7.46. The summed E-state index contributed by atoms with van der Waals surface area (Å²) in [5.41, 5.74) is 5.99. The average Bonchev–Trinajstić information content (AvgIpc) is 2.59. The van der Waals surface area contributed by atoms with E-state index in [-0.39, 0.29) is 0 Å². The summed E-state index contributed by atoms with van der Waals surface area (Å²) in [6.07, 6.45) is 3.13. The summed E-state index contributed by atoms with van der Waals surface area (Å²) >= 11 is 6.72. The minimum absolute atomic E-state index is 0.446. The summed E-state index contributed by atoms with van der Waals surface area (Å²) < 4.78 is 6.46. The van der Waals surface area contributed by atoms with E-state index in [0.29, 0.717) is 22.1 Å². The van der Waals surface area contributed by atoms with E-state index < -0.39 is 0 Å². The Hall–Kier alpha value is -1.32. The quantitative estimate of drug-likeness (QED) is 0.723. The molecule has 1 nitrogen and oxygen atoms in total. The van der Waals surface area contributed by atoms with Crippen molar-refractivity contribution in [3.05, 3.63) is 70.8 Å². The van der Waals surface area contributed by atoms with Gasteiger partial charge in [-0.3, -0.25) is 0 Å². The van der Waals surface area contributed by atoms with Gasteiger partial charge >= 0.3 is 0 Å². The zero-order chi connectivity index (χ0) is 15.1. The molecule has 1 unspecified atom stereocenters. The van der Waals surface area contributed by atoms with Gasteiger partial charge in [-0.05, 0) is 47.1 Å². The minimum Gasteiger partial charge on any atom is -0.478 e. The van der Waals surface area contributed by atoms with Gasteiger partial charge in [0.15, 0.2) is 0 Å². The normalized spacial score (nSPS) is 24.5. The minimum atomic E-state index is 0.446. The Morgan fingerprint density at radius 2 is 1.59 bits per heavy atom. The van der Waals surface area contributed by atoms with Crippen molar-refractivity contribution in [3.8, 4) is 0 Å². The molecule has 1 atom stereocenters. The fraction of sp³-hybridized carbons (Fsp3) is 0.316. The van der Waals surface area contributed by atoms with Crippen LogP contribution in [-0.4, -0.2) is 17.2 Å². The number of thioether (sulfide) groups is 1. The van der Waals surface area contributed by atoms with Crippen LogP contribution in [0.15, 0.2) is 48.5 Å². The molecule has 3 heteroatoms. The molecule has 0 spiro atoms. The Labute approximate surface area is 141 Å². The highest BCUT2D eigenvalue weighted by atomic mass is 32.2. The fourth-order valence-corrected chi connectivity index (χ4v) is 4.41. The number of hydrogen-bond donors (Lipinski definition) is 0. The molecule has 0 aliphatic heterocycles. The van der Waals surface area contributed by atoms with Gasteiger partial charge < -0.3 is 4.74 Å². The lowest BCUT2D eigenvalue weighted by Gasteiger charge is -2.45. The maximum Gasteiger partial charge on any atom is 0.219 e. The first kappa shape index (κ1) is 14.3. The van der Waals surface area contributed by atoms with E-state index in [2.05, 4.69) is 48.5 Å². The highest BCUT2D eigenvalue weighted by Crippen LogP contribution is 2.55. The molecular weight excluding hydrogens is 308 g/mol. The first-order valence-electron chi connectivity index (χ1n) is 7.68. The third-order valence-corrected chi connectivity index (χ3v) is 6.07. The van der Waals surface area contributed by atoms with Crippen molar-refractivity contribution in [1.82, 2.24) is 0 Å². The van der Waals surface area contributed by atoms with Crippen LogP contribution in [0.25, 0.3) is 0 Å². The van der Waals surface area contributed by atoms with Crippen LogP contribution in [-0.2, 0) is 4.74 Å². The number of thiocarbonyl (C=S) groups is 1. The zero-order valence-electron chi connectivity index (χ0n) is 12.5. The smallest absolute Gasteiger partial charge is 0.219 e. The molecular formula is C19H18OS2. The fourth-order valence-electron chi connectivity index (χ4n) is 4.16. The molecule has 2 aromatic rings. The van der Waals surface area contributed by atoms with E-state index in [1.54, 1.807) is 0 Å². The SMILES string of the molecule is CSC(=S)OCC1CC2c3ccccc3C1c1ccccc12. The monoisotopic (exact) mass is 326 g/mol. The first-order valence-corrected chi connectivity index (χ1v) is 9.31. The first-order chi connectivity index (χ1) is 10.8. The summed E-state index contributed by atoms with van der Waals surface area (Å²) in [4.78, 5) is 0. The van der Waals surface area contributed by atoms with E-state index in [1.165, 1.54) is 34.0 Å². The Morgan fingerprint density at radius 3 is 2.14 bits per heavy atom. The average molecular weight is 326 g/mol. The van der Waals surface area contributed by atoms with Crippen LogP contribution in [0.1, 0.15) is 40.5 Å². The van der Waals surface area contributed by atoms with Crippen molar-refractivity contribution in [1.29, 1.82) is 0 Å². The molecule has 0 saturated carbocycles. The van der Waals surface area contributed by atoms with Gasteiger partial charge in [0.25, 0.3) is 0 Å². The Morgan fingerprint density at radius 1 is 1.05 bits per heavy atom. The van der Waals surface area contributed by atoms with Crippen molar-refractivity contribution in [2.45, 2.75) is 18.3 Å². The lowest BCUT2D eigenvalue weighted by Crippen LogP contribution is -2.34. The van der Waals surface area contributed by atoms with Crippen LogP contribution < -0.4 is 0 Å². The molecule has 0 fully saturated rings. The molecule has 112 valence electrons. The third-order valence-electron chi connectivity index (χ3n) is 5.00.